The van der Waals surface area contributed by atoms with Crippen LogP contribution in [0, 0.1) is 5.92 Å². The van der Waals surface area contributed by atoms with Crippen molar-refractivity contribution in [1.82, 2.24) is 0 Å². The second-order valence-electron chi connectivity index (χ2n) is 4.68. The highest BCUT2D eigenvalue weighted by Crippen LogP contribution is 2.27. The molecule has 3 nitrogen and oxygen atoms in total. The average Bonchev–Trinajstić information content (AvgIpc) is 2.26. The zero-order chi connectivity index (χ0) is 13.1. The van der Waals surface area contributed by atoms with Gasteiger partial charge in [0.1, 0.15) is 12.4 Å². The summed E-state index contributed by atoms with van der Waals surface area (Å²) in [4.78, 5) is 0. The summed E-state index contributed by atoms with van der Waals surface area (Å²) in [5.74, 6) is 0.597. The Labute approximate surface area is 107 Å². The number of ether oxygens (including phenoxy) is 1. The van der Waals surface area contributed by atoms with E-state index < -0.39 is 5.60 Å². The minimum atomic E-state index is -0.908. The van der Waals surface area contributed by atoms with E-state index in [1.807, 2.05) is 13.8 Å². The maximum atomic E-state index is 10.1. The lowest BCUT2D eigenvalue weighted by Crippen LogP contribution is -2.38. The van der Waals surface area contributed by atoms with Crippen molar-refractivity contribution < 1.29 is 14.9 Å². The molecular weight excluding hydrogens is 240 g/mol. The largest absolute Gasteiger partial charge is 0.490 e. The van der Waals surface area contributed by atoms with Crippen LogP contribution in [0.25, 0.3) is 0 Å². The molecule has 1 aromatic rings. The summed E-state index contributed by atoms with van der Waals surface area (Å²) in [5.41, 5.74) is -0.358. The number of halogens is 1. The fourth-order valence-electron chi connectivity index (χ4n) is 1.22. The van der Waals surface area contributed by atoms with Gasteiger partial charge in [-0.15, -0.1) is 0 Å². The standard InChI is InChI=1S/C13H19ClO3/c1-9(2)13(3,16)8-17-12-6-4-5-11(14)10(12)7-15/h4-6,9,15-16H,7-8H2,1-3H3. The van der Waals surface area contributed by atoms with Gasteiger partial charge >= 0.3 is 0 Å². The van der Waals surface area contributed by atoms with Gasteiger partial charge in [-0.25, -0.2) is 0 Å². The van der Waals surface area contributed by atoms with Crippen molar-refractivity contribution in [3.8, 4) is 5.75 Å². The molecule has 1 aromatic carbocycles. The van der Waals surface area contributed by atoms with Gasteiger partial charge < -0.3 is 14.9 Å². The fraction of sp³-hybridized carbons (Fsp3) is 0.538. The first-order chi connectivity index (χ1) is 7.88. The van der Waals surface area contributed by atoms with E-state index in [0.717, 1.165) is 0 Å². The number of aliphatic hydroxyl groups excluding tert-OH is 1. The van der Waals surface area contributed by atoms with Gasteiger partial charge in [-0.2, -0.15) is 0 Å². The summed E-state index contributed by atoms with van der Waals surface area (Å²) < 4.78 is 5.54. The molecule has 4 heteroatoms. The highest BCUT2D eigenvalue weighted by molar-refractivity contribution is 6.31. The zero-order valence-electron chi connectivity index (χ0n) is 10.4. The van der Waals surface area contributed by atoms with E-state index in [9.17, 15) is 10.2 Å². The van der Waals surface area contributed by atoms with Gasteiger partial charge in [-0.1, -0.05) is 31.5 Å². The molecular formula is C13H19ClO3. The smallest absolute Gasteiger partial charge is 0.126 e. The van der Waals surface area contributed by atoms with Gasteiger partial charge in [0.05, 0.1) is 12.2 Å². The number of aliphatic hydroxyl groups is 2. The van der Waals surface area contributed by atoms with E-state index in [-0.39, 0.29) is 19.1 Å². The molecule has 1 rings (SSSR count). The molecule has 1 atom stereocenters. The van der Waals surface area contributed by atoms with Crippen molar-refractivity contribution in [2.45, 2.75) is 33.0 Å². The van der Waals surface area contributed by atoms with Crippen LogP contribution < -0.4 is 4.74 Å². The van der Waals surface area contributed by atoms with Gasteiger partial charge in [-0.3, -0.25) is 0 Å². The van der Waals surface area contributed by atoms with E-state index in [4.69, 9.17) is 16.3 Å². The summed E-state index contributed by atoms with van der Waals surface area (Å²) >= 11 is 5.94. The number of benzene rings is 1. The lowest BCUT2D eigenvalue weighted by molar-refractivity contribution is -0.0271. The fourth-order valence-corrected chi connectivity index (χ4v) is 1.44. The minimum Gasteiger partial charge on any atom is -0.490 e. The SMILES string of the molecule is CC(C)C(C)(O)COc1cccc(Cl)c1CO. The van der Waals surface area contributed by atoms with Crippen LogP contribution in [0.3, 0.4) is 0 Å². The van der Waals surface area contributed by atoms with Crippen LogP contribution >= 0.6 is 11.6 Å². The van der Waals surface area contributed by atoms with Crippen molar-refractivity contribution in [3.63, 3.8) is 0 Å². The minimum absolute atomic E-state index is 0.0826. The molecule has 0 heterocycles. The third kappa shape index (κ3) is 3.60. The van der Waals surface area contributed by atoms with Crippen molar-refractivity contribution in [2.24, 2.45) is 5.92 Å². The maximum absolute atomic E-state index is 10.1. The average molecular weight is 259 g/mol. The molecule has 0 aliphatic rings. The van der Waals surface area contributed by atoms with E-state index in [2.05, 4.69) is 0 Å². The van der Waals surface area contributed by atoms with Gasteiger partial charge in [0.25, 0.3) is 0 Å². The van der Waals surface area contributed by atoms with Gasteiger partial charge in [-0.05, 0) is 25.0 Å². The molecule has 0 amide bonds. The second-order valence-corrected chi connectivity index (χ2v) is 5.08. The van der Waals surface area contributed by atoms with Gasteiger partial charge in [0, 0.05) is 10.6 Å². The topological polar surface area (TPSA) is 49.7 Å². The van der Waals surface area contributed by atoms with E-state index >= 15 is 0 Å². The summed E-state index contributed by atoms with van der Waals surface area (Å²) in [6, 6.07) is 5.18. The Kier molecular flexibility index (Phi) is 4.80. The Morgan fingerprint density at radius 2 is 2.06 bits per heavy atom. The summed E-state index contributed by atoms with van der Waals surface area (Å²) in [6.07, 6.45) is 0. The molecule has 0 saturated carbocycles. The molecule has 17 heavy (non-hydrogen) atoms. The van der Waals surface area contributed by atoms with Gasteiger partial charge in [0.15, 0.2) is 0 Å². The quantitative estimate of drug-likeness (QED) is 0.854. The molecule has 0 spiro atoms. The molecule has 0 aromatic heterocycles. The van der Waals surface area contributed by atoms with Crippen LogP contribution in [0.15, 0.2) is 18.2 Å². The van der Waals surface area contributed by atoms with Gasteiger partial charge in [0.2, 0.25) is 0 Å². The Balaban J connectivity index is 2.79. The van der Waals surface area contributed by atoms with E-state index in [1.54, 1.807) is 25.1 Å². The molecule has 96 valence electrons. The maximum Gasteiger partial charge on any atom is 0.126 e. The molecule has 0 fully saturated rings. The Morgan fingerprint density at radius 1 is 1.41 bits per heavy atom. The Morgan fingerprint density at radius 3 is 2.59 bits per heavy atom. The molecule has 0 bridgehead atoms. The van der Waals surface area contributed by atoms with Crippen molar-refractivity contribution in [1.29, 1.82) is 0 Å². The number of hydrogen-bond acceptors (Lipinski definition) is 3. The summed E-state index contributed by atoms with van der Waals surface area (Å²) in [5, 5.41) is 19.7. The predicted molar refractivity (Wildman–Crippen MR) is 68.3 cm³/mol. The molecule has 0 radical (unpaired) electrons. The van der Waals surface area contributed by atoms with E-state index in [1.165, 1.54) is 0 Å². The van der Waals surface area contributed by atoms with Crippen molar-refractivity contribution >= 4 is 11.6 Å². The second kappa shape index (κ2) is 5.71. The Bertz CT molecular complexity index is 375. The Hall–Kier alpha value is -0.770. The molecule has 1 unspecified atom stereocenters. The molecule has 2 N–H and O–H groups in total. The first-order valence-electron chi connectivity index (χ1n) is 5.62. The van der Waals surface area contributed by atoms with Crippen LogP contribution in [0.4, 0.5) is 0 Å². The number of rotatable bonds is 5. The lowest BCUT2D eigenvalue weighted by atomic mass is 9.94. The van der Waals surface area contributed by atoms with Crippen molar-refractivity contribution in [3.05, 3.63) is 28.8 Å². The highest BCUT2D eigenvalue weighted by Gasteiger charge is 2.26. The molecule has 0 aliphatic heterocycles. The van der Waals surface area contributed by atoms with Crippen LogP contribution in [-0.4, -0.2) is 22.4 Å². The van der Waals surface area contributed by atoms with Crippen LogP contribution in [0.5, 0.6) is 5.75 Å². The summed E-state index contributed by atoms with van der Waals surface area (Å²) in [7, 11) is 0. The third-order valence-corrected chi connectivity index (χ3v) is 3.35. The summed E-state index contributed by atoms with van der Waals surface area (Å²) in [6.45, 7) is 5.56. The molecule has 0 saturated heterocycles. The third-order valence-electron chi connectivity index (χ3n) is 3.00. The normalized spacial score (nSPS) is 14.8. The predicted octanol–water partition coefficient (Wildman–Crippen LogP) is 2.62. The lowest BCUT2D eigenvalue weighted by Gasteiger charge is -2.28. The van der Waals surface area contributed by atoms with E-state index in [0.29, 0.717) is 16.3 Å². The highest BCUT2D eigenvalue weighted by atomic mass is 35.5. The number of hydrogen-bond donors (Lipinski definition) is 2. The zero-order valence-corrected chi connectivity index (χ0v) is 11.2. The first-order valence-corrected chi connectivity index (χ1v) is 5.99. The van der Waals surface area contributed by atoms with Crippen LogP contribution in [0.2, 0.25) is 5.02 Å². The monoisotopic (exact) mass is 258 g/mol. The van der Waals surface area contributed by atoms with Crippen molar-refractivity contribution in [2.75, 3.05) is 6.61 Å². The first kappa shape index (κ1) is 14.3. The van der Waals surface area contributed by atoms with Crippen LogP contribution in [0.1, 0.15) is 26.3 Å². The van der Waals surface area contributed by atoms with Crippen LogP contribution in [-0.2, 0) is 6.61 Å². The molecule has 0 aliphatic carbocycles.